The van der Waals surface area contributed by atoms with Gasteiger partial charge in [-0.15, -0.1) is 0 Å². The van der Waals surface area contributed by atoms with Crippen LogP contribution in [-0.2, 0) is 20.8 Å². The van der Waals surface area contributed by atoms with Crippen LogP contribution in [0.2, 0.25) is 0 Å². The van der Waals surface area contributed by atoms with Crippen molar-refractivity contribution >= 4 is 0 Å². The van der Waals surface area contributed by atoms with Crippen LogP contribution in [0.15, 0.2) is 30.3 Å². The van der Waals surface area contributed by atoms with Crippen molar-refractivity contribution in [1.82, 2.24) is 0 Å². The van der Waals surface area contributed by atoms with Crippen molar-refractivity contribution in [2.45, 2.75) is 44.6 Å². The van der Waals surface area contributed by atoms with Crippen molar-refractivity contribution in [2.75, 3.05) is 6.61 Å². The first kappa shape index (κ1) is 13.1. The number of benzene rings is 1. The lowest BCUT2D eigenvalue weighted by Crippen LogP contribution is -2.59. The molecule has 2 fully saturated rings. The molecule has 104 valence electrons. The summed E-state index contributed by atoms with van der Waals surface area (Å²) in [5, 5.41) is 10.5. The molecule has 0 aromatic heterocycles. The molecular weight excluding hydrogens is 244 g/mol. The van der Waals surface area contributed by atoms with Gasteiger partial charge in [-0.25, -0.2) is 0 Å². The van der Waals surface area contributed by atoms with Crippen LogP contribution in [0, 0.1) is 5.92 Å². The highest BCUT2D eigenvalue weighted by molar-refractivity contribution is 5.14. The first-order valence-electron chi connectivity index (χ1n) is 6.74. The third-order valence-electron chi connectivity index (χ3n) is 4.26. The van der Waals surface area contributed by atoms with E-state index < -0.39 is 11.7 Å². The predicted molar refractivity (Wildman–Crippen MR) is 69.4 cm³/mol. The van der Waals surface area contributed by atoms with Gasteiger partial charge in [-0.2, -0.15) is 0 Å². The van der Waals surface area contributed by atoms with E-state index in [0.717, 1.165) is 5.56 Å². The molecule has 1 aromatic rings. The van der Waals surface area contributed by atoms with Gasteiger partial charge in [0, 0.05) is 5.92 Å². The summed E-state index contributed by atoms with van der Waals surface area (Å²) in [7, 11) is 0. The number of rotatable bonds is 3. The van der Waals surface area contributed by atoms with E-state index in [2.05, 4.69) is 0 Å². The summed E-state index contributed by atoms with van der Waals surface area (Å²) in [6, 6.07) is 9.95. The van der Waals surface area contributed by atoms with E-state index in [1.165, 1.54) is 0 Å². The Morgan fingerprint density at radius 2 is 2.11 bits per heavy atom. The SMILES string of the molecule is C[C@H]1[C@@H]2OC[C@@H](O2)[C@](C)(OCc2ccccc2)[C@@H]1O. The van der Waals surface area contributed by atoms with Gasteiger partial charge in [0.2, 0.25) is 0 Å². The van der Waals surface area contributed by atoms with Crippen molar-refractivity contribution in [2.24, 2.45) is 5.92 Å². The lowest BCUT2D eigenvalue weighted by Gasteiger charge is -2.44. The minimum atomic E-state index is -0.720. The van der Waals surface area contributed by atoms with E-state index in [0.29, 0.717) is 13.2 Å². The molecule has 1 N–H and O–H groups in total. The highest BCUT2D eigenvalue weighted by Crippen LogP contribution is 2.41. The monoisotopic (exact) mass is 264 g/mol. The summed E-state index contributed by atoms with van der Waals surface area (Å²) in [5.74, 6) is -0.0838. The maximum absolute atomic E-state index is 10.5. The average Bonchev–Trinajstić information content (AvgIpc) is 2.91. The van der Waals surface area contributed by atoms with E-state index in [1.54, 1.807) is 0 Å². The van der Waals surface area contributed by atoms with Gasteiger partial charge in [-0.05, 0) is 12.5 Å². The summed E-state index contributed by atoms with van der Waals surface area (Å²) in [6.07, 6.45) is -1.08. The number of hydrogen-bond acceptors (Lipinski definition) is 4. The molecule has 0 saturated carbocycles. The van der Waals surface area contributed by atoms with Crippen molar-refractivity contribution in [3.8, 4) is 0 Å². The first-order valence-corrected chi connectivity index (χ1v) is 6.74. The number of fused-ring (bicyclic) bond motifs is 2. The van der Waals surface area contributed by atoms with Gasteiger partial charge in [0.25, 0.3) is 0 Å². The highest BCUT2D eigenvalue weighted by atomic mass is 16.7. The van der Waals surface area contributed by atoms with E-state index in [-0.39, 0.29) is 18.3 Å². The smallest absolute Gasteiger partial charge is 0.163 e. The second-order valence-electron chi connectivity index (χ2n) is 5.59. The molecule has 2 bridgehead atoms. The minimum absolute atomic E-state index is 0.0838. The molecule has 0 spiro atoms. The van der Waals surface area contributed by atoms with Crippen LogP contribution in [0.5, 0.6) is 0 Å². The fourth-order valence-corrected chi connectivity index (χ4v) is 2.85. The molecule has 5 atom stereocenters. The molecule has 2 aliphatic heterocycles. The third-order valence-corrected chi connectivity index (χ3v) is 4.26. The molecule has 19 heavy (non-hydrogen) atoms. The van der Waals surface area contributed by atoms with Gasteiger partial charge in [0.15, 0.2) is 6.29 Å². The Morgan fingerprint density at radius 3 is 2.84 bits per heavy atom. The largest absolute Gasteiger partial charge is 0.390 e. The average molecular weight is 264 g/mol. The van der Waals surface area contributed by atoms with Gasteiger partial charge in [0.05, 0.1) is 19.3 Å². The van der Waals surface area contributed by atoms with Gasteiger partial charge < -0.3 is 19.3 Å². The number of ether oxygens (including phenoxy) is 3. The Balaban J connectivity index is 1.74. The van der Waals surface area contributed by atoms with E-state index in [1.807, 2.05) is 44.2 Å². The summed E-state index contributed by atoms with van der Waals surface area (Å²) in [6.45, 7) is 4.79. The molecule has 2 heterocycles. The van der Waals surface area contributed by atoms with E-state index >= 15 is 0 Å². The minimum Gasteiger partial charge on any atom is -0.390 e. The summed E-state index contributed by atoms with van der Waals surface area (Å²) in [5.41, 5.74) is 0.368. The first-order chi connectivity index (χ1) is 9.11. The Morgan fingerprint density at radius 1 is 1.37 bits per heavy atom. The molecular formula is C15H20O4. The number of aliphatic hydroxyl groups is 1. The van der Waals surface area contributed by atoms with Crippen LogP contribution in [-0.4, -0.2) is 35.8 Å². The maximum Gasteiger partial charge on any atom is 0.163 e. The highest BCUT2D eigenvalue weighted by Gasteiger charge is 2.56. The van der Waals surface area contributed by atoms with Crippen LogP contribution < -0.4 is 0 Å². The predicted octanol–water partition coefficient (Wildman–Crippen LogP) is 1.71. The second kappa shape index (κ2) is 4.87. The van der Waals surface area contributed by atoms with E-state index in [9.17, 15) is 5.11 Å². The van der Waals surface area contributed by atoms with Crippen LogP contribution in [0.25, 0.3) is 0 Å². The zero-order chi connectivity index (χ0) is 13.5. The molecule has 3 rings (SSSR count). The molecule has 4 nitrogen and oxygen atoms in total. The fraction of sp³-hybridized carbons (Fsp3) is 0.600. The van der Waals surface area contributed by atoms with Gasteiger partial charge >= 0.3 is 0 Å². The van der Waals surface area contributed by atoms with Crippen molar-refractivity contribution in [3.05, 3.63) is 35.9 Å². The van der Waals surface area contributed by atoms with Crippen LogP contribution in [0.1, 0.15) is 19.4 Å². The number of hydrogen-bond donors (Lipinski definition) is 1. The Hall–Kier alpha value is -0.940. The van der Waals surface area contributed by atoms with Crippen molar-refractivity contribution in [3.63, 3.8) is 0 Å². The van der Waals surface area contributed by atoms with Crippen LogP contribution >= 0.6 is 0 Å². The zero-order valence-corrected chi connectivity index (χ0v) is 11.3. The zero-order valence-electron chi connectivity index (χ0n) is 11.3. The Bertz CT molecular complexity index is 435. The fourth-order valence-electron chi connectivity index (χ4n) is 2.85. The van der Waals surface area contributed by atoms with Crippen molar-refractivity contribution < 1.29 is 19.3 Å². The third kappa shape index (κ3) is 2.19. The lowest BCUT2D eigenvalue weighted by atomic mass is 9.83. The summed E-state index contributed by atoms with van der Waals surface area (Å²) >= 11 is 0. The molecule has 0 amide bonds. The normalized spacial score (nSPS) is 41.4. The molecule has 1 aromatic carbocycles. The maximum atomic E-state index is 10.5. The van der Waals surface area contributed by atoms with Crippen molar-refractivity contribution in [1.29, 1.82) is 0 Å². The topological polar surface area (TPSA) is 47.9 Å². The summed E-state index contributed by atoms with van der Waals surface area (Å²) in [4.78, 5) is 0. The van der Waals surface area contributed by atoms with Crippen LogP contribution in [0.4, 0.5) is 0 Å². The quantitative estimate of drug-likeness (QED) is 0.903. The Kier molecular flexibility index (Phi) is 3.35. The van der Waals surface area contributed by atoms with Gasteiger partial charge in [-0.3, -0.25) is 0 Å². The van der Waals surface area contributed by atoms with E-state index in [4.69, 9.17) is 14.2 Å². The Labute approximate surface area is 113 Å². The molecule has 2 aliphatic rings. The van der Waals surface area contributed by atoms with Crippen LogP contribution in [0.3, 0.4) is 0 Å². The molecule has 0 unspecified atom stereocenters. The molecule has 4 heteroatoms. The standard InChI is InChI=1S/C15H20O4/c1-10-13(16)15(2,12-9-17-14(10)19-12)18-8-11-6-4-3-5-7-11/h3-7,10,12-14,16H,8-9H2,1-2H3/t10-,12-,13-,14-,15+/m1/s1. The second-order valence-corrected chi connectivity index (χ2v) is 5.59. The lowest BCUT2D eigenvalue weighted by molar-refractivity contribution is -0.257. The molecule has 2 saturated heterocycles. The molecule has 0 aliphatic carbocycles. The van der Waals surface area contributed by atoms with Gasteiger partial charge in [-0.1, -0.05) is 37.3 Å². The molecule has 0 radical (unpaired) electrons. The van der Waals surface area contributed by atoms with Gasteiger partial charge in [0.1, 0.15) is 11.7 Å². The summed E-state index contributed by atoms with van der Waals surface area (Å²) < 4.78 is 17.3. The number of aliphatic hydroxyl groups excluding tert-OH is 1.